The van der Waals surface area contributed by atoms with Crippen LogP contribution in [0.4, 0.5) is 0 Å². The molecule has 0 aromatic heterocycles. The highest BCUT2D eigenvalue weighted by molar-refractivity contribution is 7.98. The normalized spacial score (nSPS) is 11.7. The van der Waals surface area contributed by atoms with Crippen LogP contribution in [0, 0.1) is 11.3 Å². The van der Waals surface area contributed by atoms with Crippen LogP contribution in [-0.4, -0.2) is 12.0 Å². The third-order valence-electron chi connectivity index (χ3n) is 2.95. The summed E-state index contributed by atoms with van der Waals surface area (Å²) in [6.07, 6.45) is 1.97. The van der Waals surface area contributed by atoms with Crippen molar-refractivity contribution in [2.24, 2.45) is 0 Å². The first-order chi connectivity index (χ1) is 9.65. The molecular formula is C16H12ClNOS. The molecule has 4 heteroatoms. The molecule has 0 heterocycles. The lowest BCUT2D eigenvalue weighted by atomic mass is 9.92. The molecular weight excluding hydrogens is 290 g/mol. The number of halogens is 1. The van der Waals surface area contributed by atoms with Gasteiger partial charge >= 0.3 is 0 Å². The molecule has 0 radical (unpaired) electrons. The predicted octanol–water partition coefficient (Wildman–Crippen LogP) is 4.55. The maximum atomic E-state index is 12.4. The lowest BCUT2D eigenvalue weighted by Gasteiger charge is -2.09. The average Bonchev–Trinajstić information content (AvgIpc) is 2.48. The minimum atomic E-state index is -0.825. The van der Waals surface area contributed by atoms with E-state index in [1.165, 1.54) is 0 Å². The third-order valence-corrected chi connectivity index (χ3v) is 3.93. The van der Waals surface area contributed by atoms with Crippen molar-refractivity contribution in [3.8, 4) is 6.07 Å². The Bertz CT molecular complexity index is 661. The Morgan fingerprint density at radius 2 is 1.95 bits per heavy atom. The number of hydrogen-bond donors (Lipinski definition) is 0. The second-order valence-electron chi connectivity index (χ2n) is 4.21. The Hall–Kier alpha value is -1.76. The van der Waals surface area contributed by atoms with E-state index in [2.05, 4.69) is 6.07 Å². The van der Waals surface area contributed by atoms with E-state index < -0.39 is 5.92 Å². The standard InChI is InChI=1S/C16H12ClNOS/c1-20-14-7-5-11(6-8-14)16(19)15(10-18)12-3-2-4-13(17)9-12/h2-9,15H,1H3. The lowest BCUT2D eigenvalue weighted by molar-refractivity contribution is 0.0979. The fourth-order valence-corrected chi connectivity index (χ4v) is 2.50. The molecule has 2 rings (SSSR count). The average molecular weight is 302 g/mol. The molecule has 20 heavy (non-hydrogen) atoms. The van der Waals surface area contributed by atoms with Crippen LogP contribution in [0.3, 0.4) is 0 Å². The third kappa shape index (κ3) is 3.22. The molecule has 100 valence electrons. The molecule has 0 amide bonds. The Morgan fingerprint density at radius 1 is 1.25 bits per heavy atom. The van der Waals surface area contributed by atoms with Gasteiger partial charge in [0.2, 0.25) is 0 Å². The molecule has 0 aliphatic carbocycles. The maximum Gasteiger partial charge on any atom is 0.184 e. The van der Waals surface area contributed by atoms with Crippen molar-refractivity contribution in [3.63, 3.8) is 0 Å². The fraction of sp³-hybridized carbons (Fsp3) is 0.125. The van der Waals surface area contributed by atoms with Crippen LogP contribution >= 0.6 is 23.4 Å². The van der Waals surface area contributed by atoms with Gasteiger partial charge in [-0.3, -0.25) is 4.79 Å². The summed E-state index contributed by atoms with van der Waals surface area (Å²) in [6.45, 7) is 0. The Labute approximate surface area is 127 Å². The Morgan fingerprint density at radius 3 is 2.50 bits per heavy atom. The summed E-state index contributed by atoms with van der Waals surface area (Å²) in [6, 6.07) is 16.2. The van der Waals surface area contributed by atoms with Crippen LogP contribution in [0.5, 0.6) is 0 Å². The topological polar surface area (TPSA) is 40.9 Å². The molecule has 0 aliphatic heterocycles. The molecule has 0 fully saturated rings. The van der Waals surface area contributed by atoms with Gasteiger partial charge in [-0.15, -0.1) is 11.8 Å². The molecule has 0 saturated carbocycles. The first-order valence-corrected chi connectivity index (χ1v) is 7.59. The predicted molar refractivity (Wildman–Crippen MR) is 82.4 cm³/mol. The van der Waals surface area contributed by atoms with Crippen molar-refractivity contribution in [1.82, 2.24) is 0 Å². The summed E-state index contributed by atoms with van der Waals surface area (Å²) >= 11 is 7.52. The number of Topliss-reactive ketones (excluding diaryl/α,β-unsaturated/α-hetero) is 1. The summed E-state index contributed by atoms with van der Waals surface area (Å²) in [5.41, 5.74) is 1.16. The van der Waals surface area contributed by atoms with Gasteiger partial charge in [-0.25, -0.2) is 0 Å². The summed E-state index contributed by atoms with van der Waals surface area (Å²) < 4.78 is 0. The van der Waals surface area contributed by atoms with E-state index in [1.54, 1.807) is 48.2 Å². The van der Waals surface area contributed by atoms with Gasteiger partial charge in [0.05, 0.1) is 6.07 Å². The number of carbonyl (C=O) groups is 1. The molecule has 0 bridgehead atoms. The summed E-state index contributed by atoms with van der Waals surface area (Å²) in [7, 11) is 0. The summed E-state index contributed by atoms with van der Waals surface area (Å²) in [5.74, 6) is -1.03. The minimum Gasteiger partial charge on any atom is -0.292 e. The number of hydrogen-bond acceptors (Lipinski definition) is 3. The van der Waals surface area contributed by atoms with Crippen molar-refractivity contribution in [2.75, 3.05) is 6.26 Å². The Kier molecular flexibility index (Phi) is 4.84. The SMILES string of the molecule is CSc1ccc(C(=O)C(C#N)c2cccc(Cl)c2)cc1. The first kappa shape index (κ1) is 14.6. The lowest BCUT2D eigenvalue weighted by Crippen LogP contribution is -2.11. The molecule has 0 aliphatic rings. The number of nitrogens with zero attached hydrogens (tertiary/aromatic N) is 1. The quantitative estimate of drug-likeness (QED) is 0.614. The first-order valence-electron chi connectivity index (χ1n) is 5.99. The number of carbonyl (C=O) groups excluding carboxylic acids is 1. The van der Waals surface area contributed by atoms with E-state index >= 15 is 0 Å². The molecule has 2 aromatic carbocycles. The van der Waals surface area contributed by atoms with Crippen LogP contribution in [0.15, 0.2) is 53.4 Å². The maximum absolute atomic E-state index is 12.4. The highest BCUT2D eigenvalue weighted by Gasteiger charge is 2.21. The van der Waals surface area contributed by atoms with Gasteiger partial charge in [0, 0.05) is 15.5 Å². The zero-order valence-electron chi connectivity index (χ0n) is 10.8. The van der Waals surface area contributed by atoms with Crippen molar-refractivity contribution >= 4 is 29.1 Å². The highest BCUT2D eigenvalue weighted by Crippen LogP contribution is 2.24. The molecule has 1 unspecified atom stereocenters. The number of thioether (sulfide) groups is 1. The fourth-order valence-electron chi connectivity index (χ4n) is 1.89. The number of rotatable bonds is 4. The van der Waals surface area contributed by atoms with E-state index in [1.807, 2.05) is 18.4 Å². The molecule has 0 N–H and O–H groups in total. The van der Waals surface area contributed by atoms with Crippen LogP contribution < -0.4 is 0 Å². The zero-order chi connectivity index (χ0) is 14.5. The van der Waals surface area contributed by atoms with E-state index in [4.69, 9.17) is 11.6 Å². The summed E-state index contributed by atoms with van der Waals surface area (Å²) in [5, 5.41) is 9.81. The van der Waals surface area contributed by atoms with Gasteiger partial charge in [0.25, 0.3) is 0 Å². The second-order valence-corrected chi connectivity index (χ2v) is 5.53. The monoisotopic (exact) mass is 301 g/mol. The molecule has 2 nitrogen and oxygen atoms in total. The zero-order valence-corrected chi connectivity index (χ0v) is 12.4. The van der Waals surface area contributed by atoms with Gasteiger partial charge < -0.3 is 0 Å². The number of ketones is 1. The smallest absolute Gasteiger partial charge is 0.184 e. The number of benzene rings is 2. The van der Waals surface area contributed by atoms with Crippen molar-refractivity contribution in [2.45, 2.75) is 10.8 Å². The van der Waals surface area contributed by atoms with Gasteiger partial charge in [-0.2, -0.15) is 5.26 Å². The number of nitriles is 1. The van der Waals surface area contributed by atoms with Gasteiger partial charge in [0.1, 0.15) is 5.92 Å². The van der Waals surface area contributed by atoms with E-state index in [0.29, 0.717) is 16.1 Å². The second kappa shape index (κ2) is 6.60. The van der Waals surface area contributed by atoms with Gasteiger partial charge in [0.15, 0.2) is 5.78 Å². The highest BCUT2D eigenvalue weighted by atomic mass is 35.5. The van der Waals surface area contributed by atoms with E-state index in [-0.39, 0.29) is 5.78 Å². The minimum absolute atomic E-state index is 0.206. The van der Waals surface area contributed by atoms with Crippen LogP contribution in [0.25, 0.3) is 0 Å². The molecule has 0 spiro atoms. The van der Waals surface area contributed by atoms with Crippen LogP contribution in [0.1, 0.15) is 21.8 Å². The molecule has 0 saturated heterocycles. The van der Waals surface area contributed by atoms with Gasteiger partial charge in [-0.05, 0) is 36.1 Å². The van der Waals surface area contributed by atoms with Crippen LogP contribution in [0.2, 0.25) is 5.02 Å². The largest absolute Gasteiger partial charge is 0.292 e. The van der Waals surface area contributed by atoms with E-state index in [0.717, 1.165) is 4.90 Å². The van der Waals surface area contributed by atoms with E-state index in [9.17, 15) is 10.1 Å². The van der Waals surface area contributed by atoms with Crippen molar-refractivity contribution < 1.29 is 4.79 Å². The van der Waals surface area contributed by atoms with Crippen molar-refractivity contribution in [1.29, 1.82) is 5.26 Å². The van der Waals surface area contributed by atoms with Crippen LogP contribution in [-0.2, 0) is 0 Å². The summed E-state index contributed by atoms with van der Waals surface area (Å²) in [4.78, 5) is 13.5. The van der Waals surface area contributed by atoms with Crippen molar-refractivity contribution in [3.05, 3.63) is 64.7 Å². The van der Waals surface area contributed by atoms with Gasteiger partial charge in [-0.1, -0.05) is 35.9 Å². The molecule has 1 atom stereocenters. The molecule has 2 aromatic rings. The Balaban J connectivity index is 2.31.